The number of nitrogens with zero attached hydrogens (tertiary/aromatic N) is 2. The van der Waals surface area contributed by atoms with Crippen LogP contribution in [0.5, 0.6) is 5.88 Å². The molecule has 140 valence electrons. The summed E-state index contributed by atoms with van der Waals surface area (Å²) in [5, 5.41) is 11.1. The Bertz CT molecular complexity index is 955. The molecule has 4 rings (SSSR count). The maximum atomic E-state index is 12.6. The lowest BCUT2D eigenvalue weighted by atomic mass is 10.0. The lowest BCUT2D eigenvalue weighted by Gasteiger charge is -2.34. The molecule has 0 unspecified atom stereocenters. The first kappa shape index (κ1) is 17.4. The highest BCUT2D eigenvalue weighted by Gasteiger charge is 2.28. The van der Waals surface area contributed by atoms with Crippen molar-refractivity contribution < 1.29 is 14.3 Å². The van der Waals surface area contributed by atoms with Crippen LogP contribution in [0.15, 0.2) is 42.5 Å². The van der Waals surface area contributed by atoms with Crippen molar-refractivity contribution in [3.8, 4) is 5.88 Å². The molecule has 0 saturated heterocycles. The molecule has 1 atom stereocenters. The minimum atomic E-state index is -0.103. The van der Waals surface area contributed by atoms with E-state index in [0.29, 0.717) is 25.6 Å². The molecule has 0 aliphatic carbocycles. The summed E-state index contributed by atoms with van der Waals surface area (Å²) < 4.78 is 10.7. The number of rotatable bonds is 6. The van der Waals surface area contributed by atoms with Crippen LogP contribution in [0.2, 0.25) is 0 Å². The summed E-state index contributed by atoms with van der Waals surface area (Å²) in [4.78, 5) is 14.5. The Morgan fingerprint density at radius 2 is 2.04 bits per heavy atom. The van der Waals surface area contributed by atoms with Crippen LogP contribution in [0.3, 0.4) is 0 Å². The highest BCUT2D eigenvalue weighted by atomic mass is 16.5. The predicted octanol–water partition coefficient (Wildman–Crippen LogP) is 3.70. The fourth-order valence-electron chi connectivity index (χ4n) is 3.33. The first-order valence-corrected chi connectivity index (χ1v) is 8.92. The van der Waals surface area contributed by atoms with Crippen molar-refractivity contribution in [1.82, 2.24) is 15.1 Å². The van der Waals surface area contributed by atoms with Gasteiger partial charge in [0.05, 0.1) is 30.1 Å². The number of carbonyl (C=O) groups excluding carboxylic acids is 1. The second-order valence-corrected chi connectivity index (χ2v) is 6.57. The van der Waals surface area contributed by atoms with Crippen molar-refractivity contribution in [2.24, 2.45) is 0 Å². The zero-order valence-corrected chi connectivity index (χ0v) is 15.4. The van der Waals surface area contributed by atoms with E-state index in [1.807, 2.05) is 54.3 Å². The van der Waals surface area contributed by atoms with E-state index in [1.54, 1.807) is 7.11 Å². The number of urea groups is 1. The molecule has 1 aliphatic heterocycles. The van der Waals surface area contributed by atoms with Gasteiger partial charge in [-0.1, -0.05) is 30.3 Å². The molecule has 0 fully saturated rings. The number of benzene rings is 2. The van der Waals surface area contributed by atoms with E-state index in [0.717, 1.165) is 27.7 Å². The second kappa shape index (κ2) is 7.28. The average Bonchev–Trinajstić information content (AvgIpc) is 3.08. The van der Waals surface area contributed by atoms with Crippen molar-refractivity contribution in [3.63, 3.8) is 0 Å². The highest BCUT2D eigenvalue weighted by Crippen LogP contribution is 2.34. The van der Waals surface area contributed by atoms with Gasteiger partial charge in [0.25, 0.3) is 0 Å². The van der Waals surface area contributed by atoms with Gasteiger partial charge in [0.2, 0.25) is 5.88 Å². The van der Waals surface area contributed by atoms with E-state index in [2.05, 4.69) is 15.5 Å². The SMILES string of the molecule is COCCOc1n[nH]c2cc3c(cc12)CN([C@H](C)c1ccccc1)C(=O)N3. The summed E-state index contributed by atoms with van der Waals surface area (Å²) in [6.45, 7) is 3.49. The minimum Gasteiger partial charge on any atom is -0.474 e. The number of methoxy groups -OCH3 is 1. The van der Waals surface area contributed by atoms with Crippen LogP contribution in [0.25, 0.3) is 10.9 Å². The number of anilines is 1. The zero-order chi connectivity index (χ0) is 18.8. The third-order valence-electron chi connectivity index (χ3n) is 4.87. The number of nitrogens with one attached hydrogen (secondary N) is 2. The molecular weight excluding hydrogens is 344 g/mol. The number of hydrogen-bond acceptors (Lipinski definition) is 4. The summed E-state index contributed by atoms with van der Waals surface area (Å²) in [7, 11) is 1.63. The van der Waals surface area contributed by atoms with E-state index in [4.69, 9.17) is 9.47 Å². The Morgan fingerprint density at radius 3 is 2.81 bits per heavy atom. The number of H-pyrrole nitrogens is 1. The molecule has 2 aromatic carbocycles. The molecule has 0 bridgehead atoms. The van der Waals surface area contributed by atoms with E-state index in [-0.39, 0.29) is 12.1 Å². The summed E-state index contributed by atoms with van der Waals surface area (Å²) in [6, 6.07) is 13.8. The monoisotopic (exact) mass is 366 g/mol. The molecule has 7 heteroatoms. The number of aromatic nitrogens is 2. The quantitative estimate of drug-likeness (QED) is 0.652. The van der Waals surface area contributed by atoms with E-state index in [9.17, 15) is 4.79 Å². The molecule has 2 heterocycles. The van der Waals surface area contributed by atoms with E-state index in [1.165, 1.54) is 0 Å². The molecule has 2 N–H and O–H groups in total. The summed E-state index contributed by atoms with van der Waals surface area (Å²) in [5.74, 6) is 0.546. The maximum absolute atomic E-state index is 12.6. The smallest absolute Gasteiger partial charge is 0.322 e. The molecule has 0 radical (unpaired) electrons. The standard InChI is InChI=1S/C20H22N4O3/c1-13(14-6-4-3-5-7-14)24-12-15-10-16-18(11-17(15)21-20(24)25)22-23-19(16)27-9-8-26-2/h3-7,10-11,13H,8-9,12H2,1-2H3,(H,21,25)(H,22,23)/t13-/m1/s1. The predicted molar refractivity (Wildman–Crippen MR) is 103 cm³/mol. The normalized spacial score (nSPS) is 14.7. The van der Waals surface area contributed by atoms with Gasteiger partial charge in [-0.15, -0.1) is 5.10 Å². The lowest BCUT2D eigenvalue weighted by Crippen LogP contribution is -2.40. The number of ether oxygens (including phenoxy) is 2. The number of hydrogen-bond donors (Lipinski definition) is 2. The topological polar surface area (TPSA) is 79.5 Å². The van der Waals surface area contributed by atoms with Crippen molar-refractivity contribution in [1.29, 1.82) is 0 Å². The van der Waals surface area contributed by atoms with Gasteiger partial charge < -0.3 is 19.7 Å². The maximum Gasteiger partial charge on any atom is 0.322 e. The largest absolute Gasteiger partial charge is 0.474 e. The lowest BCUT2D eigenvalue weighted by molar-refractivity contribution is 0.144. The molecule has 1 aromatic heterocycles. The Labute approximate surface area is 157 Å². The zero-order valence-electron chi connectivity index (χ0n) is 15.4. The fourth-order valence-corrected chi connectivity index (χ4v) is 3.33. The molecule has 27 heavy (non-hydrogen) atoms. The molecule has 0 spiro atoms. The van der Waals surface area contributed by atoms with Gasteiger partial charge in [-0.25, -0.2) is 4.79 Å². The summed E-state index contributed by atoms with van der Waals surface area (Å²) >= 11 is 0. The van der Waals surface area contributed by atoms with E-state index >= 15 is 0 Å². The van der Waals surface area contributed by atoms with Gasteiger partial charge in [-0.05, 0) is 30.2 Å². The second-order valence-electron chi connectivity index (χ2n) is 6.57. The van der Waals surface area contributed by atoms with Crippen LogP contribution in [-0.4, -0.2) is 41.5 Å². The Hall–Kier alpha value is -3.06. The first-order chi connectivity index (χ1) is 13.2. The van der Waals surface area contributed by atoms with Gasteiger partial charge in [0, 0.05) is 12.8 Å². The van der Waals surface area contributed by atoms with Gasteiger partial charge in [-0.2, -0.15) is 0 Å². The van der Waals surface area contributed by atoms with Crippen LogP contribution < -0.4 is 10.1 Å². The first-order valence-electron chi connectivity index (χ1n) is 8.92. The van der Waals surface area contributed by atoms with Gasteiger partial charge in [0.1, 0.15) is 6.61 Å². The van der Waals surface area contributed by atoms with Gasteiger partial charge in [0.15, 0.2) is 0 Å². The van der Waals surface area contributed by atoms with Gasteiger partial charge >= 0.3 is 6.03 Å². The third kappa shape index (κ3) is 3.33. The van der Waals surface area contributed by atoms with E-state index < -0.39 is 0 Å². The van der Waals surface area contributed by atoms with Crippen LogP contribution in [0.1, 0.15) is 24.1 Å². The average molecular weight is 366 g/mol. The van der Waals surface area contributed by atoms with Crippen LogP contribution in [-0.2, 0) is 11.3 Å². The summed E-state index contributed by atoms with van der Waals surface area (Å²) in [5.41, 5.74) is 3.76. The molecule has 7 nitrogen and oxygen atoms in total. The Kier molecular flexibility index (Phi) is 4.68. The van der Waals surface area contributed by atoms with Crippen molar-refractivity contribution >= 4 is 22.6 Å². The number of amides is 2. The fraction of sp³-hybridized carbons (Fsp3) is 0.300. The Morgan fingerprint density at radius 1 is 1.22 bits per heavy atom. The minimum absolute atomic E-state index is 0.0307. The molecule has 3 aromatic rings. The van der Waals surface area contributed by atoms with Crippen molar-refractivity contribution in [2.75, 3.05) is 25.6 Å². The highest BCUT2D eigenvalue weighted by molar-refractivity contribution is 5.97. The van der Waals surface area contributed by atoms with Gasteiger partial charge in [-0.3, -0.25) is 5.10 Å². The molecule has 2 amide bonds. The Balaban J connectivity index is 1.62. The van der Waals surface area contributed by atoms with Crippen LogP contribution in [0, 0.1) is 0 Å². The third-order valence-corrected chi connectivity index (χ3v) is 4.87. The molecule has 0 saturated carbocycles. The summed E-state index contributed by atoms with van der Waals surface area (Å²) in [6.07, 6.45) is 0. The van der Waals surface area contributed by atoms with Crippen molar-refractivity contribution in [2.45, 2.75) is 19.5 Å². The van der Waals surface area contributed by atoms with Crippen LogP contribution in [0.4, 0.5) is 10.5 Å². The number of aromatic amines is 1. The van der Waals surface area contributed by atoms with Crippen molar-refractivity contribution in [3.05, 3.63) is 53.6 Å². The number of carbonyl (C=O) groups is 1. The molecular formula is C20H22N4O3. The van der Waals surface area contributed by atoms with Crippen LogP contribution >= 0.6 is 0 Å². The number of fused-ring (bicyclic) bond motifs is 2. The molecule has 1 aliphatic rings.